The maximum absolute atomic E-state index is 11.4. The van der Waals surface area contributed by atoms with Crippen LogP contribution in [0.25, 0.3) is 0 Å². The first-order chi connectivity index (χ1) is 2.64. The first-order valence-corrected chi connectivity index (χ1v) is 2.08. The highest BCUT2D eigenvalue weighted by Gasteiger charge is 1.98. The molecule has 0 aliphatic heterocycles. The summed E-state index contributed by atoms with van der Waals surface area (Å²) in [5.41, 5.74) is -1.60. The molecule has 1 unspecified atom stereocenters. The van der Waals surface area contributed by atoms with Gasteiger partial charge >= 0.3 is 0 Å². The van der Waals surface area contributed by atoms with Crippen molar-refractivity contribution >= 4 is 23.2 Å². The zero-order valence-corrected chi connectivity index (χ0v) is 4.43. The van der Waals surface area contributed by atoms with E-state index in [0.717, 1.165) is 0 Å². The zero-order valence-electron chi connectivity index (χ0n) is 2.92. The van der Waals surface area contributed by atoms with Crippen LogP contribution in [0, 0.1) is 0 Å². The fourth-order valence-corrected chi connectivity index (χ4v) is 0. The molecule has 0 radical (unpaired) electrons. The quantitative estimate of drug-likeness (QED) is 0.476. The van der Waals surface area contributed by atoms with Crippen LogP contribution >= 0.6 is 23.2 Å². The summed E-state index contributed by atoms with van der Waals surface area (Å²) in [6.07, 6.45) is 0. The molecule has 0 aromatic rings. The summed E-state index contributed by atoms with van der Waals surface area (Å²) in [6.45, 7) is 3.01. The lowest BCUT2D eigenvalue weighted by Gasteiger charge is -1.87. The molecule has 0 fully saturated rings. The summed E-state index contributed by atoms with van der Waals surface area (Å²) in [7, 11) is 0. The van der Waals surface area contributed by atoms with Gasteiger partial charge in [-0.3, -0.25) is 0 Å². The number of alkyl halides is 2. The van der Waals surface area contributed by atoms with Gasteiger partial charge in [0.2, 0.25) is 5.63 Å². The van der Waals surface area contributed by atoms with Gasteiger partial charge in [0.1, 0.15) is 0 Å². The second-order valence-corrected chi connectivity index (χ2v) is 1.62. The highest BCUT2D eigenvalue weighted by molar-refractivity contribution is 6.36. The van der Waals surface area contributed by atoms with E-state index in [9.17, 15) is 4.39 Å². The van der Waals surface area contributed by atoms with Gasteiger partial charge in [0.05, 0.1) is 5.03 Å². The Hall–Kier alpha value is 0.250. The van der Waals surface area contributed by atoms with E-state index in [0.29, 0.717) is 0 Å². The maximum Gasteiger partial charge on any atom is 0.208 e. The largest absolute Gasteiger partial charge is 0.224 e. The van der Waals surface area contributed by atoms with Crippen LogP contribution in [0.15, 0.2) is 11.6 Å². The van der Waals surface area contributed by atoms with Crippen molar-refractivity contribution in [2.24, 2.45) is 0 Å². The first-order valence-electron chi connectivity index (χ1n) is 1.27. The van der Waals surface area contributed by atoms with E-state index >= 15 is 0 Å². The lowest BCUT2D eigenvalue weighted by Crippen LogP contribution is -1.81. The molecule has 0 amide bonds. The molecule has 1 atom stereocenters. The Morgan fingerprint density at radius 3 is 2.00 bits per heavy atom. The summed E-state index contributed by atoms with van der Waals surface area (Å²) in [5.74, 6) is 0. The van der Waals surface area contributed by atoms with Crippen molar-refractivity contribution in [1.82, 2.24) is 0 Å². The van der Waals surface area contributed by atoms with Crippen LogP contribution in [-0.2, 0) is 0 Å². The Balaban J connectivity index is 3.26. The van der Waals surface area contributed by atoms with Gasteiger partial charge in [0, 0.05) is 0 Å². The Kier molecular flexibility index (Phi) is 2.53. The van der Waals surface area contributed by atoms with Gasteiger partial charge in [-0.25, -0.2) is 4.39 Å². The first kappa shape index (κ1) is 6.25. The van der Waals surface area contributed by atoms with E-state index in [1.807, 2.05) is 0 Å². The van der Waals surface area contributed by atoms with Crippen molar-refractivity contribution in [1.29, 1.82) is 0 Å². The van der Waals surface area contributed by atoms with Gasteiger partial charge in [0.15, 0.2) is 0 Å². The van der Waals surface area contributed by atoms with Crippen molar-refractivity contribution in [3.05, 3.63) is 11.6 Å². The van der Waals surface area contributed by atoms with E-state index in [-0.39, 0.29) is 5.03 Å². The molecule has 3 heteroatoms. The summed E-state index contributed by atoms with van der Waals surface area (Å²) in [5, 5.41) is -0.170. The Labute approximate surface area is 45.6 Å². The van der Waals surface area contributed by atoms with Crippen molar-refractivity contribution < 1.29 is 4.39 Å². The third-order valence-electron chi connectivity index (χ3n) is 0.237. The SMILES string of the molecule is C=C(Cl)C(F)Cl. The Morgan fingerprint density at radius 1 is 1.83 bits per heavy atom. The standard InChI is InChI=1S/C3H3Cl2F/c1-2(4)3(5)6/h3H,1H2. The van der Waals surface area contributed by atoms with Crippen LogP contribution in [0.4, 0.5) is 4.39 Å². The third kappa shape index (κ3) is 2.49. The summed E-state index contributed by atoms with van der Waals surface area (Å²) < 4.78 is 11.4. The van der Waals surface area contributed by atoms with Gasteiger partial charge < -0.3 is 0 Å². The average Bonchev–Trinajstić information content (AvgIpc) is 1.36. The number of rotatable bonds is 1. The van der Waals surface area contributed by atoms with Gasteiger partial charge in [-0.1, -0.05) is 29.8 Å². The van der Waals surface area contributed by atoms with E-state index in [1.165, 1.54) is 0 Å². The number of allylic oxidation sites excluding steroid dienone is 1. The molecule has 0 saturated carbocycles. The normalized spacial score (nSPS) is 13.8. The second kappa shape index (κ2) is 2.43. The molecular weight excluding hydrogens is 126 g/mol. The third-order valence-corrected chi connectivity index (χ3v) is 0.803. The Bertz CT molecular complexity index is 59.8. The molecule has 6 heavy (non-hydrogen) atoms. The highest BCUT2D eigenvalue weighted by atomic mass is 35.5. The van der Waals surface area contributed by atoms with Crippen LogP contribution < -0.4 is 0 Å². The molecule has 0 aliphatic carbocycles. The highest BCUT2D eigenvalue weighted by Crippen LogP contribution is 2.11. The number of hydrogen-bond donors (Lipinski definition) is 0. The van der Waals surface area contributed by atoms with Crippen molar-refractivity contribution in [2.45, 2.75) is 5.63 Å². The smallest absolute Gasteiger partial charge is 0.208 e. The van der Waals surface area contributed by atoms with Gasteiger partial charge in [0.25, 0.3) is 0 Å². The predicted molar refractivity (Wildman–Crippen MR) is 25.7 cm³/mol. The lowest BCUT2D eigenvalue weighted by atomic mass is 10.7. The predicted octanol–water partition coefficient (Wildman–Crippen LogP) is 2.27. The van der Waals surface area contributed by atoms with Crippen molar-refractivity contribution in [3.8, 4) is 0 Å². The van der Waals surface area contributed by atoms with E-state index in [1.54, 1.807) is 0 Å². The molecule has 0 saturated heterocycles. The minimum absolute atomic E-state index is 0.170. The number of hydrogen-bond acceptors (Lipinski definition) is 0. The molecule has 0 rings (SSSR count). The lowest BCUT2D eigenvalue weighted by molar-refractivity contribution is 0.506. The summed E-state index contributed by atoms with van der Waals surface area (Å²) in [6, 6.07) is 0. The molecule has 0 aliphatic rings. The van der Waals surface area contributed by atoms with E-state index < -0.39 is 5.63 Å². The molecule has 0 heterocycles. The maximum atomic E-state index is 11.4. The van der Waals surface area contributed by atoms with Crippen LogP contribution in [0.5, 0.6) is 0 Å². The van der Waals surface area contributed by atoms with Crippen molar-refractivity contribution in [2.75, 3.05) is 0 Å². The average molecular weight is 129 g/mol. The molecule has 0 aromatic heterocycles. The monoisotopic (exact) mass is 128 g/mol. The van der Waals surface area contributed by atoms with Gasteiger partial charge in [-0.15, -0.1) is 0 Å². The van der Waals surface area contributed by atoms with Crippen LogP contribution in [0.3, 0.4) is 0 Å². The fourth-order valence-electron chi connectivity index (χ4n) is 0. The summed E-state index contributed by atoms with van der Waals surface area (Å²) in [4.78, 5) is 0. The molecule has 0 aromatic carbocycles. The van der Waals surface area contributed by atoms with Crippen LogP contribution in [0.2, 0.25) is 0 Å². The van der Waals surface area contributed by atoms with Crippen molar-refractivity contribution in [3.63, 3.8) is 0 Å². The molecule has 0 spiro atoms. The molecule has 0 N–H and O–H groups in total. The minimum atomic E-state index is -1.60. The summed E-state index contributed by atoms with van der Waals surface area (Å²) >= 11 is 9.63. The minimum Gasteiger partial charge on any atom is -0.224 e. The molecule has 36 valence electrons. The second-order valence-electron chi connectivity index (χ2n) is 0.748. The number of halogens is 3. The molecule has 0 bridgehead atoms. The van der Waals surface area contributed by atoms with E-state index in [2.05, 4.69) is 6.58 Å². The Morgan fingerprint density at radius 2 is 2.00 bits per heavy atom. The van der Waals surface area contributed by atoms with Crippen LogP contribution in [-0.4, -0.2) is 5.63 Å². The molecular formula is C3H3Cl2F. The van der Waals surface area contributed by atoms with Gasteiger partial charge in [-0.2, -0.15) is 0 Å². The van der Waals surface area contributed by atoms with Crippen LogP contribution in [0.1, 0.15) is 0 Å². The van der Waals surface area contributed by atoms with Gasteiger partial charge in [-0.05, 0) is 0 Å². The zero-order chi connectivity index (χ0) is 5.15. The topological polar surface area (TPSA) is 0 Å². The fraction of sp³-hybridized carbons (Fsp3) is 0.333. The van der Waals surface area contributed by atoms with E-state index in [4.69, 9.17) is 23.2 Å². The molecule has 0 nitrogen and oxygen atoms in total.